The molecule has 0 unspecified atom stereocenters. The Morgan fingerprint density at radius 2 is 1.92 bits per heavy atom. The summed E-state index contributed by atoms with van der Waals surface area (Å²) in [6.45, 7) is 0.579. The van der Waals surface area contributed by atoms with Gasteiger partial charge in [0.15, 0.2) is 9.84 Å². The van der Waals surface area contributed by atoms with E-state index in [4.69, 9.17) is 4.42 Å². The smallest absolute Gasteiger partial charge is 0.223 e. The number of nitrogens with zero attached hydrogens (tertiary/aromatic N) is 1. The number of likely N-dealkylation sites (tertiary alicyclic amines) is 1. The van der Waals surface area contributed by atoms with Crippen molar-refractivity contribution in [3.8, 4) is 0 Å². The summed E-state index contributed by atoms with van der Waals surface area (Å²) in [6, 6.07) is 13.2. The first-order valence-corrected chi connectivity index (χ1v) is 10.4. The van der Waals surface area contributed by atoms with Gasteiger partial charge in [-0.25, -0.2) is 8.42 Å². The van der Waals surface area contributed by atoms with E-state index in [1.165, 1.54) is 6.26 Å². The summed E-state index contributed by atoms with van der Waals surface area (Å²) in [5.74, 6) is 1.06. The van der Waals surface area contributed by atoms with Crippen molar-refractivity contribution in [3.63, 3.8) is 0 Å². The molecule has 0 N–H and O–H groups in total. The second kappa shape index (κ2) is 7.44. The summed E-state index contributed by atoms with van der Waals surface area (Å²) in [5, 5.41) is -0.478. The molecule has 1 aliphatic rings. The first kappa shape index (κ1) is 17.1. The number of hydrogen-bond donors (Lipinski definition) is 0. The Labute approximate surface area is 146 Å². The van der Waals surface area contributed by atoms with E-state index in [-0.39, 0.29) is 24.7 Å². The maximum absolute atomic E-state index is 12.2. The average Bonchev–Trinajstić information content (AvgIpc) is 2.98. The Balaban J connectivity index is 1.41. The van der Waals surface area contributed by atoms with Crippen LogP contribution in [0.1, 0.15) is 12.2 Å². The van der Waals surface area contributed by atoms with E-state index >= 15 is 0 Å². The first-order valence-electron chi connectivity index (χ1n) is 7.74. The molecule has 2 aromatic rings. The molecule has 0 bridgehead atoms. The van der Waals surface area contributed by atoms with Crippen molar-refractivity contribution in [3.05, 3.63) is 54.5 Å². The topological polar surface area (TPSA) is 67.6 Å². The van der Waals surface area contributed by atoms with E-state index < -0.39 is 15.1 Å². The number of sulfone groups is 1. The Morgan fingerprint density at radius 3 is 2.58 bits per heavy atom. The minimum Gasteiger partial charge on any atom is -0.468 e. The zero-order chi connectivity index (χ0) is 17.0. The molecule has 128 valence electrons. The van der Waals surface area contributed by atoms with Gasteiger partial charge >= 0.3 is 0 Å². The zero-order valence-electron chi connectivity index (χ0n) is 13.1. The molecule has 1 aromatic carbocycles. The number of thioether (sulfide) groups is 1. The third-order valence-corrected chi connectivity index (χ3v) is 6.97. The highest BCUT2D eigenvalue weighted by molar-refractivity contribution is 7.99. The number of benzene rings is 1. The third kappa shape index (κ3) is 4.21. The number of carbonyl (C=O) groups excluding carboxylic acids is 1. The lowest BCUT2D eigenvalue weighted by Crippen LogP contribution is -2.57. The zero-order valence-corrected chi connectivity index (χ0v) is 14.8. The molecular weight excluding hydrogens is 346 g/mol. The lowest BCUT2D eigenvalue weighted by Gasteiger charge is -2.38. The van der Waals surface area contributed by atoms with Crippen molar-refractivity contribution >= 4 is 27.5 Å². The predicted molar refractivity (Wildman–Crippen MR) is 93.5 cm³/mol. The molecule has 0 aliphatic carbocycles. The standard InChI is InChI=1S/C17H19NO4S2/c19-17(8-10-23-15-6-2-1-3-7-15)18-11-16(12-18)24(20,21)13-14-5-4-9-22-14/h1-7,9,16H,8,10-13H2. The van der Waals surface area contributed by atoms with Crippen LogP contribution in [0.4, 0.5) is 0 Å². The van der Waals surface area contributed by atoms with Gasteiger partial charge in [-0.1, -0.05) is 18.2 Å². The van der Waals surface area contributed by atoms with Gasteiger partial charge in [0, 0.05) is 30.2 Å². The molecule has 1 aromatic heterocycles. The van der Waals surface area contributed by atoms with Crippen molar-refractivity contribution in [1.82, 2.24) is 4.90 Å². The summed E-state index contributed by atoms with van der Waals surface area (Å²) >= 11 is 1.63. The Morgan fingerprint density at radius 1 is 1.17 bits per heavy atom. The van der Waals surface area contributed by atoms with Gasteiger partial charge in [0.05, 0.1) is 11.5 Å². The second-order valence-electron chi connectivity index (χ2n) is 5.72. The molecule has 2 heterocycles. The molecule has 1 amide bonds. The quantitative estimate of drug-likeness (QED) is 0.706. The Hall–Kier alpha value is -1.73. The summed E-state index contributed by atoms with van der Waals surface area (Å²) in [5.41, 5.74) is 0. The molecule has 0 radical (unpaired) electrons. The summed E-state index contributed by atoms with van der Waals surface area (Å²) in [4.78, 5) is 14.9. The molecule has 5 nitrogen and oxygen atoms in total. The molecule has 24 heavy (non-hydrogen) atoms. The van der Waals surface area contributed by atoms with Crippen LogP contribution in [-0.4, -0.2) is 43.3 Å². The SMILES string of the molecule is O=C(CCSc1ccccc1)N1CC(S(=O)(=O)Cc2ccco2)C1. The minimum atomic E-state index is -3.27. The van der Waals surface area contributed by atoms with Gasteiger partial charge in [-0.05, 0) is 24.3 Å². The summed E-state index contributed by atoms with van der Waals surface area (Å²) in [7, 11) is -3.27. The number of furan rings is 1. The number of hydrogen-bond acceptors (Lipinski definition) is 5. The van der Waals surface area contributed by atoms with Crippen molar-refractivity contribution in [2.75, 3.05) is 18.8 Å². The lowest BCUT2D eigenvalue weighted by atomic mass is 10.2. The highest BCUT2D eigenvalue weighted by atomic mass is 32.2. The van der Waals surface area contributed by atoms with Gasteiger partial charge < -0.3 is 9.32 Å². The van der Waals surface area contributed by atoms with Gasteiger partial charge in [-0.2, -0.15) is 0 Å². The monoisotopic (exact) mass is 365 g/mol. The molecule has 1 aliphatic heterocycles. The van der Waals surface area contributed by atoms with Gasteiger partial charge in [0.25, 0.3) is 0 Å². The molecular formula is C17H19NO4S2. The van der Waals surface area contributed by atoms with E-state index in [1.54, 1.807) is 28.8 Å². The van der Waals surface area contributed by atoms with E-state index in [0.717, 1.165) is 4.90 Å². The van der Waals surface area contributed by atoms with Crippen LogP contribution in [0.25, 0.3) is 0 Å². The third-order valence-electron chi connectivity index (χ3n) is 3.96. The van der Waals surface area contributed by atoms with Gasteiger partial charge in [-0.15, -0.1) is 11.8 Å². The second-order valence-corrected chi connectivity index (χ2v) is 9.17. The van der Waals surface area contributed by atoms with Crippen molar-refractivity contribution < 1.29 is 17.6 Å². The molecule has 1 fully saturated rings. The number of amides is 1. The fourth-order valence-corrected chi connectivity index (χ4v) is 4.98. The average molecular weight is 365 g/mol. The van der Waals surface area contributed by atoms with E-state index in [1.807, 2.05) is 30.3 Å². The van der Waals surface area contributed by atoms with Crippen LogP contribution >= 0.6 is 11.8 Å². The molecule has 0 spiro atoms. The summed E-state index contributed by atoms with van der Waals surface area (Å²) in [6.07, 6.45) is 1.89. The Bertz CT molecular complexity index is 766. The maximum Gasteiger partial charge on any atom is 0.223 e. The first-order chi connectivity index (χ1) is 11.5. The van der Waals surface area contributed by atoms with Crippen LogP contribution in [0.5, 0.6) is 0 Å². The lowest BCUT2D eigenvalue weighted by molar-refractivity contribution is -0.133. The van der Waals surface area contributed by atoms with Gasteiger partial charge in [0.1, 0.15) is 11.5 Å². The van der Waals surface area contributed by atoms with E-state index in [9.17, 15) is 13.2 Å². The molecule has 3 rings (SSSR count). The number of carbonyl (C=O) groups is 1. The molecule has 1 saturated heterocycles. The predicted octanol–water partition coefficient (Wildman–Crippen LogP) is 2.59. The summed E-state index contributed by atoms with van der Waals surface area (Å²) < 4.78 is 29.6. The maximum atomic E-state index is 12.2. The normalized spacial score (nSPS) is 15.2. The van der Waals surface area contributed by atoms with Crippen LogP contribution in [0, 0.1) is 0 Å². The molecule has 0 saturated carbocycles. The molecule has 0 atom stereocenters. The van der Waals surface area contributed by atoms with Crippen LogP contribution in [-0.2, 0) is 20.4 Å². The fourth-order valence-electron chi connectivity index (χ4n) is 2.51. The largest absolute Gasteiger partial charge is 0.468 e. The van der Waals surface area contributed by atoms with Crippen LogP contribution in [0.15, 0.2) is 58.0 Å². The highest BCUT2D eigenvalue weighted by Gasteiger charge is 2.39. The fraction of sp³-hybridized carbons (Fsp3) is 0.353. The van der Waals surface area contributed by atoms with Gasteiger partial charge in [0.2, 0.25) is 5.91 Å². The Kier molecular flexibility index (Phi) is 5.30. The van der Waals surface area contributed by atoms with Crippen molar-refractivity contribution in [1.29, 1.82) is 0 Å². The van der Waals surface area contributed by atoms with E-state index in [2.05, 4.69) is 0 Å². The number of rotatable bonds is 7. The van der Waals surface area contributed by atoms with Crippen LogP contribution < -0.4 is 0 Å². The van der Waals surface area contributed by atoms with Crippen LogP contribution in [0.3, 0.4) is 0 Å². The van der Waals surface area contributed by atoms with E-state index in [0.29, 0.717) is 17.9 Å². The van der Waals surface area contributed by atoms with Crippen molar-refractivity contribution in [2.24, 2.45) is 0 Å². The minimum absolute atomic E-state index is 0.0166. The van der Waals surface area contributed by atoms with Gasteiger partial charge in [-0.3, -0.25) is 4.79 Å². The highest BCUT2D eigenvalue weighted by Crippen LogP contribution is 2.23. The molecule has 7 heteroatoms. The van der Waals surface area contributed by atoms with Crippen LogP contribution in [0.2, 0.25) is 0 Å². The van der Waals surface area contributed by atoms with Crippen molar-refractivity contribution in [2.45, 2.75) is 22.3 Å².